The van der Waals surface area contributed by atoms with Crippen molar-refractivity contribution in [3.05, 3.63) is 56.2 Å². The third-order valence-electron chi connectivity index (χ3n) is 4.09. The smallest absolute Gasteiger partial charge is 0.273 e. The van der Waals surface area contributed by atoms with Gasteiger partial charge < -0.3 is 0 Å². The van der Waals surface area contributed by atoms with Gasteiger partial charge in [0.1, 0.15) is 0 Å². The summed E-state index contributed by atoms with van der Waals surface area (Å²) in [6.07, 6.45) is 5.83. The Hall–Kier alpha value is -1.85. The molecule has 0 unspecified atom stereocenters. The predicted molar refractivity (Wildman–Crippen MR) is 96.3 cm³/mol. The number of carbonyl (C=O) groups excluding carboxylic acids is 2. The highest BCUT2D eigenvalue weighted by Crippen LogP contribution is 2.28. The van der Waals surface area contributed by atoms with Gasteiger partial charge in [-0.3, -0.25) is 20.4 Å². The van der Waals surface area contributed by atoms with E-state index in [1.54, 1.807) is 12.1 Å². The highest BCUT2D eigenvalue weighted by atomic mass is 35.5. The molecule has 6 heteroatoms. The molecule has 24 heavy (non-hydrogen) atoms. The van der Waals surface area contributed by atoms with E-state index in [0.717, 1.165) is 18.4 Å². The van der Waals surface area contributed by atoms with Gasteiger partial charge in [-0.2, -0.15) is 0 Å². The summed E-state index contributed by atoms with van der Waals surface area (Å²) in [7, 11) is 0. The number of rotatable bonds is 3. The third-order valence-corrected chi connectivity index (χ3v) is 5.70. The summed E-state index contributed by atoms with van der Waals surface area (Å²) < 4.78 is 0. The Labute approximate surface area is 150 Å². The molecule has 1 aromatic carbocycles. The molecule has 3 rings (SSSR count). The summed E-state index contributed by atoms with van der Waals surface area (Å²) in [6.45, 7) is 0. The summed E-state index contributed by atoms with van der Waals surface area (Å²) >= 11 is 7.56. The van der Waals surface area contributed by atoms with Crippen LogP contribution in [0.1, 0.15) is 44.9 Å². The number of carbonyl (C=O) groups is 2. The van der Waals surface area contributed by atoms with E-state index >= 15 is 0 Å². The van der Waals surface area contributed by atoms with Crippen molar-refractivity contribution in [3.8, 4) is 0 Å². The number of halogens is 1. The van der Waals surface area contributed by atoms with Gasteiger partial charge in [0.05, 0.1) is 11.3 Å². The molecule has 2 N–H and O–H groups in total. The van der Waals surface area contributed by atoms with Crippen LogP contribution in [0.15, 0.2) is 30.3 Å². The molecule has 0 atom stereocenters. The lowest BCUT2D eigenvalue weighted by Crippen LogP contribution is -2.42. The molecule has 126 valence electrons. The fraction of sp³-hybridized carbons (Fsp3) is 0.333. The SMILES string of the molecule is O=C(Cc1ccccc1Cl)NNC(=O)c1cc2c(s1)CCCCC2. The van der Waals surface area contributed by atoms with Gasteiger partial charge in [-0.1, -0.05) is 36.2 Å². The van der Waals surface area contributed by atoms with E-state index < -0.39 is 0 Å². The molecule has 1 aromatic heterocycles. The quantitative estimate of drug-likeness (QED) is 0.646. The molecule has 2 amide bonds. The largest absolute Gasteiger partial charge is 0.279 e. The molecular weight excluding hydrogens is 344 g/mol. The summed E-state index contributed by atoms with van der Waals surface area (Å²) in [5.74, 6) is -0.560. The Morgan fingerprint density at radius 3 is 2.71 bits per heavy atom. The summed E-state index contributed by atoms with van der Waals surface area (Å²) in [4.78, 5) is 26.1. The molecule has 1 aliphatic rings. The zero-order valence-corrected chi connectivity index (χ0v) is 14.8. The van der Waals surface area contributed by atoms with Crippen LogP contribution >= 0.6 is 22.9 Å². The van der Waals surface area contributed by atoms with Crippen LogP contribution in [-0.4, -0.2) is 11.8 Å². The maximum Gasteiger partial charge on any atom is 0.279 e. The van der Waals surface area contributed by atoms with E-state index in [1.165, 1.54) is 41.0 Å². The Balaban J connectivity index is 1.55. The molecule has 0 radical (unpaired) electrons. The Kier molecular flexibility index (Phi) is 5.53. The Morgan fingerprint density at radius 2 is 1.88 bits per heavy atom. The van der Waals surface area contributed by atoms with Crippen molar-refractivity contribution in [2.24, 2.45) is 0 Å². The van der Waals surface area contributed by atoms with Crippen LogP contribution in [0.4, 0.5) is 0 Å². The van der Waals surface area contributed by atoms with Gasteiger partial charge in [0.25, 0.3) is 5.91 Å². The lowest BCUT2D eigenvalue weighted by molar-refractivity contribution is -0.121. The van der Waals surface area contributed by atoms with E-state index in [9.17, 15) is 9.59 Å². The number of hydrazine groups is 1. The van der Waals surface area contributed by atoms with E-state index in [4.69, 9.17) is 11.6 Å². The first-order valence-electron chi connectivity index (χ1n) is 8.07. The lowest BCUT2D eigenvalue weighted by atomic mass is 10.1. The number of aryl methyl sites for hydroxylation is 2. The average molecular weight is 363 g/mol. The molecule has 0 saturated carbocycles. The lowest BCUT2D eigenvalue weighted by Gasteiger charge is -2.07. The first kappa shape index (κ1) is 17.0. The summed E-state index contributed by atoms with van der Waals surface area (Å²) in [5.41, 5.74) is 6.96. The minimum Gasteiger partial charge on any atom is -0.273 e. The highest BCUT2D eigenvalue weighted by molar-refractivity contribution is 7.14. The van der Waals surface area contributed by atoms with E-state index in [0.29, 0.717) is 9.90 Å². The van der Waals surface area contributed by atoms with Crippen molar-refractivity contribution < 1.29 is 9.59 Å². The molecular formula is C18H19ClN2O2S. The highest BCUT2D eigenvalue weighted by Gasteiger charge is 2.17. The number of amides is 2. The normalized spacial score (nSPS) is 13.7. The van der Waals surface area contributed by atoms with Crippen molar-refractivity contribution in [2.75, 3.05) is 0 Å². The van der Waals surface area contributed by atoms with Crippen LogP contribution in [0.2, 0.25) is 5.02 Å². The fourth-order valence-corrected chi connectivity index (χ4v) is 4.18. The first-order chi connectivity index (χ1) is 11.6. The van der Waals surface area contributed by atoms with Gasteiger partial charge in [0.15, 0.2) is 0 Å². The number of thiophene rings is 1. The molecule has 0 saturated heterocycles. The molecule has 0 aliphatic heterocycles. The number of benzene rings is 1. The van der Waals surface area contributed by atoms with Crippen molar-refractivity contribution in [2.45, 2.75) is 38.5 Å². The van der Waals surface area contributed by atoms with Crippen LogP contribution in [0.3, 0.4) is 0 Å². The second kappa shape index (κ2) is 7.81. The van der Waals surface area contributed by atoms with Gasteiger partial charge in [-0.15, -0.1) is 11.3 Å². The monoisotopic (exact) mass is 362 g/mol. The van der Waals surface area contributed by atoms with Gasteiger partial charge in [-0.25, -0.2) is 0 Å². The number of hydrogen-bond donors (Lipinski definition) is 2. The first-order valence-corrected chi connectivity index (χ1v) is 9.27. The Bertz CT molecular complexity index is 734. The van der Waals surface area contributed by atoms with Crippen LogP contribution in [0.5, 0.6) is 0 Å². The molecule has 1 heterocycles. The standard InChI is InChI=1S/C18H19ClN2O2S/c19-14-8-5-4-6-12(14)11-17(22)20-21-18(23)16-10-13-7-2-1-3-9-15(13)24-16/h4-6,8,10H,1-3,7,9,11H2,(H,20,22)(H,21,23). The number of nitrogens with one attached hydrogen (secondary N) is 2. The van der Waals surface area contributed by atoms with Crippen molar-refractivity contribution in [1.82, 2.24) is 10.9 Å². The summed E-state index contributed by atoms with van der Waals surface area (Å²) in [5, 5.41) is 0.543. The van der Waals surface area contributed by atoms with Crippen LogP contribution in [0, 0.1) is 0 Å². The third kappa shape index (κ3) is 4.16. The maximum absolute atomic E-state index is 12.2. The van der Waals surface area contributed by atoms with Gasteiger partial charge >= 0.3 is 0 Å². The fourth-order valence-electron chi connectivity index (χ4n) is 2.83. The molecule has 1 aliphatic carbocycles. The second-order valence-electron chi connectivity index (χ2n) is 5.89. The number of hydrogen-bond acceptors (Lipinski definition) is 3. The van der Waals surface area contributed by atoms with Gasteiger partial charge in [-0.05, 0) is 48.9 Å². The topological polar surface area (TPSA) is 58.2 Å². The van der Waals surface area contributed by atoms with Crippen molar-refractivity contribution >= 4 is 34.8 Å². The molecule has 0 spiro atoms. The van der Waals surface area contributed by atoms with Crippen LogP contribution < -0.4 is 10.9 Å². The molecule has 0 fully saturated rings. The Morgan fingerprint density at radius 1 is 1.08 bits per heavy atom. The molecule has 0 bridgehead atoms. The summed E-state index contributed by atoms with van der Waals surface area (Å²) in [6, 6.07) is 9.13. The average Bonchev–Trinajstić information content (AvgIpc) is 2.86. The van der Waals surface area contributed by atoms with Crippen molar-refractivity contribution in [3.63, 3.8) is 0 Å². The van der Waals surface area contributed by atoms with Crippen LogP contribution in [-0.2, 0) is 24.1 Å². The number of fused-ring (bicyclic) bond motifs is 1. The second-order valence-corrected chi connectivity index (χ2v) is 7.43. The van der Waals surface area contributed by atoms with E-state index in [-0.39, 0.29) is 18.2 Å². The van der Waals surface area contributed by atoms with Crippen LogP contribution in [0.25, 0.3) is 0 Å². The minimum absolute atomic E-state index is 0.126. The van der Waals surface area contributed by atoms with E-state index in [1.807, 2.05) is 18.2 Å². The maximum atomic E-state index is 12.2. The zero-order valence-electron chi connectivity index (χ0n) is 13.2. The minimum atomic E-state index is -0.297. The van der Waals surface area contributed by atoms with E-state index in [2.05, 4.69) is 10.9 Å². The van der Waals surface area contributed by atoms with Gasteiger partial charge in [0.2, 0.25) is 5.91 Å². The van der Waals surface area contributed by atoms with Crippen molar-refractivity contribution in [1.29, 1.82) is 0 Å². The molecule has 4 nitrogen and oxygen atoms in total. The zero-order chi connectivity index (χ0) is 16.9. The van der Waals surface area contributed by atoms with Gasteiger partial charge in [0, 0.05) is 9.90 Å². The predicted octanol–water partition coefficient (Wildman–Crippen LogP) is 3.67. The molecule has 2 aromatic rings.